The van der Waals surface area contributed by atoms with Crippen molar-refractivity contribution in [2.45, 2.75) is 39.8 Å². The lowest BCUT2D eigenvalue weighted by atomic mass is 9.99. The second kappa shape index (κ2) is 5.76. The van der Waals surface area contributed by atoms with Gasteiger partial charge in [0.05, 0.1) is 19.1 Å². The smallest absolute Gasteiger partial charge is 0.306 e. The molecule has 1 unspecified atom stereocenters. The quantitative estimate of drug-likeness (QED) is 0.925. The van der Waals surface area contributed by atoms with Gasteiger partial charge in [-0.25, -0.2) is 0 Å². The summed E-state index contributed by atoms with van der Waals surface area (Å²) in [5.74, 6) is -0.937. The Hall–Kier alpha value is -2.04. The topological polar surface area (TPSA) is 66.8 Å². The van der Waals surface area contributed by atoms with Crippen LogP contribution in [0.5, 0.6) is 5.75 Å². The Labute approximate surface area is 124 Å². The zero-order chi connectivity index (χ0) is 15.7. The predicted molar refractivity (Wildman–Crippen MR) is 78.1 cm³/mol. The van der Waals surface area contributed by atoms with E-state index in [0.29, 0.717) is 6.54 Å². The summed E-state index contributed by atoms with van der Waals surface area (Å²) < 4.78 is 5.27. The molecule has 0 aromatic heterocycles. The average molecular weight is 291 g/mol. The van der Waals surface area contributed by atoms with Gasteiger partial charge in [0.2, 0.25) is 5.91 Å². The van der Waals surface area contributed by atoms with Crippen molar-refractivity contribution in [3.05, 3.63) is 28.8 Å². The van der Waals surface area contributed by atoms with E-state index in [1.165, 1.54) is 0 Å². The first-order chi connectivity index (χ1) is 9.85. The van der Waals surface area contributed by atoms with Gasteiger partial charge in [0.1, 0.15) is 5.75 Å². The van der Waals surface area contributed by atoms with Crippen LogP contribution >= 0.6 is 0 Å². The Bertz CT molecular complexity index is 582. The van der Waals surface area contributed by atoms with Crippen molar-refractivity contribution >= 4 is 11.9 Å². The molecular formula is C16H21NO4. The van der Waals surface area contributed by atoms with Crippen LogP contribution in [0.3, 0.4) is 0 Å². The van der Waals surface area contributed by atoms with Crippen molar-refractivity contribution in [3.63, 3.8) is 0 Å². The van der Waals surface area contributed by atoms with Gasteiger partial charge in [-0.2, -0.15) is 0 Å². The monoisotopic (exact) mass is 291 g/mol. The van der Waals surface area contributed by atoms with Crippen LogP contribution in [0.15, 0.2) is 12.1 Å². The Morgan fingerprint density at radius 2 is 2.14 bits per heavy atom. The highest BCUT2D eigenvalue weighted by atomic mass is 16.5. The molecule has 2 atom stereocenters. The van der Waals surface area contributed by atoms with Gasteiger partial charge in [-0.15, -0.1) is 0 Å². The second-order valence-electron chi connectivity index (χ2n) is 5.66. The van der Waals surface area contributed by atoms with Crippen molar-refractivity contribution in [2.75, 3.05) is 7.11 Å². The number of carboxylic acid groups (broad SMARTS) is 1. The van der Waals surface area contributed by atoms with E-state index in [-0.39, 0.29) is 18.4 Å². The molecule has 5 nitrogen and oxygen atoms in total. The third kappa shape index (κ3) is 2.86. The van der Waals surface area contributed by atoms with E-state index >= 15 is 0 Å². The number of ether oxygens (including phenoxy) is 1. The van der Waals surface area contributed by atoms with Gasteiger partial charge in [-0.05, 0) is 42.7 Å². The number of aliphatic carboxylic acids is 1. The number of carboxylic acids is 1. The molecule has 1 aliphatic rings. The largest absolute Gasteiger partial charge is 0.497 e. The fourth-order valence-electron chi connectivity index (χ4n) is 2.93. The first-order valence-electron chi connectivity index (χ1n) is 7.04. The van der Waals surface area contributed by atoms with Crippen molar-refractivity contribution in [1.82, 2.24) is 4.90 Å². The Kier molecular flexibility index (Phi) is 4.21. The van der Waals surface area contributed by atoms with E-state index in [1.807, 2.05) is 26.0 Å². The molecule has 0 saturated carbocycles. The van der Waals surface area contributed by atoms with E-state index in [4.69, 9.17) is 9.84 Å². The van der Waals surface area contributed by atoms with Crippen molar-refractivity contribution in [2.24, 2.45) is 5.92 Å². The number of carbonyl (C=O) groups is 2. The third-order valence-corrected chi connectivity index (χ3v) is 4.13. The van der Waals surface area contributed by atoms with Crippen LogP contribution in [0.1, 0.15) is 43.0 Å². The van der Waals surface area contributed by atoms with Gasteiger partial charge in [0.15, 0.2) is 0 Å². The average Bonchev–Trinajstić information content (AvgIpc) is 2.76. The first-order valence-corrected chi connectivity index (χ1v) is 7.04. The summed E-state index contributed by atoms with van der Waals surface area (Å²) in [7, 11) is 1.62. The second-order valence-corrected chi connectivity index (χ2v) is 5.66. The predicted octanol–water partition coefficient (Wildman–Crippen LogP) is 2.52. The Balaban J connectivity index is 2.22. The number of fused-ring (bicyclic) bond motifs is 1. The summed E-state index contributed by atoms with van der Waals surface area (Å²) in [4.78, 5) is 25.0. The number of hydrogen-bond acceptors (Lipinski definition) is 3. The molecule has 1 amide bonds. The summed E-state index contributed by atoms with van der Waals surface area (Å²) in [6.07, 6.45) is 0.0316. The number of rotatable bonds is 4. The van der Waals surface area contributed by atoms with Crippen LogP contribution < -0.4 is 4.74 Å². The van der Waals surface area contributed by atoms with Crippen LogP contribution in [0.2, 0.25) is 0 Å². The summed E-state index contributed by atoms with van der Waals surface area (Å²) in [5, 5.41) is 8.94. The third-order valence-electron chi connectivity index (χ3n) is 4.13. The molecule has 5 heteroatoms. The summed E-state index contributed by atoms with van der Waals surface area (Å²) in [5.41, 5.74) is 3.32. The van der Waals surface area contributed by atoms with Crippen LogP contribution in [0.25, 0.3) is 0 Å². The fourth-order valence-corrected chi connectivity index (χ4v) is 2.93. The summed E-state index contributed by atoms with van der Waals surface area (Å²) in [6, 6.07) is 3.88. The lowest BCUT2D eigenvalue weighted by molar-refractivity contribution is -0.145. The fraction of sp³-hybridized carbons (Fsp3) is 0.500. The zero-order valence-corrected chi connectivity index (χ0v) is 12.8. The zero-order valence-electron chi connectivity index (χ0n) is 12.8. The van der Waals surface area contributed by atoms with Gasteiger partial charge in [-0.1, -0.05) is 6.92 Å². The number of aryl methyl sites for hydroxylation is 1. The molecule has 21 heavy (non-hydrogen) atoms. The van der Waals surface area contributed by atoms with Crippen LogP contribution in [-0.2, 0) is 16.1 Å². The van der Waals surface area contributed by atoms with Gasteiger partial charge < -0.3 is 14.7 Å². The molecule has 0 fully saturated rings. The molecule has 1 aromatic carbocycles. The molecule has 2 rings (SSSR count). The van der Waals surface area contributed by atoms with E-state index < -0.39 is 11.9 Å². The molecule has 0 bridgehead atoms. The number of amides is 1. The minimum Gasteiger partial charge on any atom is -0.497 e. The molecule has 0 spiro atoms. The molecule has 0 aliphatic carbocycles. The van der Waals surface area contributed by atoms with Crippen LogP contribution in [0.4, 0.5) is 0 Å². The maximum absolute atomic E-state index is 12.3. The minimum atomic E-state index is -0.939. The van der Waals surface area contributed by atoms with Crippen molar-refractivity contribution in [3.8, 4) is 5.75 Å². The summed E-state index contributed by atoms with van der Waals surface area (Å²) in [6.45, 7) is 6.06. The van der Waals surface area contributed by atoms with Gasteiger partial charge in [-0.3, -0.25) is 9.59 Å². The molecular weight excluding hydrogens is 270 g/mol. The molecule has 0 radical (unpaired) electrons. The first kappa shape index (κ1) is 15.4. The highest BCUT2D eigenvalue weighted by molar-refractivity contribution is 5.83. The lowest BCUT2D eigenvalue weighted by Gasteiger charge is -2.23. The van der Waals surface area contributed by atoms with Gasteiger partial charge >= 0.3 is 5.97 Å². The van der Waals surface area contributed by atoms with Crippen LogP contribution in [-0.4, -0.2) is 29.0 Å². The van der Waals surface area contributed by atoms with E-state index in [1.54, 1.807) is 18.9 Å². The van der Waals surface area contributed by atoms with Gasteiger partial charge in [0.25, 0.3) is 0 Å². The molecule has 1 aromatic rings. The number of benzene rings is 1. The Morgan fingerprint density at radius 1 is 1.48 bits per heavy atom. The lowest BCUT2D eigenvalue weighted by Crippen LogP contribution is -2.30. The molecule has 1 N–H and O–H groups in total. The van der Waals surface area contributed by atoms with E-state index in [2.05, 4.69) is 0 Å². The van der Waals surface area contributed by atoms with Crippen LogP contribution in [0, 0.1) is 12.8 Å². The number of carbonyl (C=O) groups excluding carboxylic acids is 1. The summed E-state index contributed by atoms with van der Waals surface area (Å²) >= 11 is 0. The number of nitrogens with zero attached hydrogens (tertiary/aromatic N) is 1. The molecule has 114 valence electrons. The minimum absolute atomic E-state index is 0.0283. The molecule has 0 saturated heterocycles. The normalized spacial score (nSPS) is 18.3. The van der Waals surface area contributed by atoms with E-state index in [0.717, 1.165) is 22.4 Å². The number of methoxy groups -OCH3 is 1. The number of hydrogen-bond donors (Lipinski definition) is 1. The standard InChI is InChI=1S/C16H21NO4/c1-9-5-13(21-4)7-12-8-17(11(3)15(9)12)14(18)6-10(2)16(19)20/h5,7,10-11H,6,8H2,1-4H3,(H,19,20)/t10-,11?/m0/s1. The highest BCUT2D eigenvalue weighted by Crippen LogP contribution is 2.38. The SMILES string of the molecule is COc1cc(C)c2c(c1)CN(C(=O)C[C@H](C)C(=O)O)C2C. The molecule has 1 heterocycles. The van der Waals surface area contributed by atoms with E-state index in [9.17, 15) is 9.59 Å². The maximum atomic E-state index is 12.3. The van der Waals surface area contributed by atoms with Gasteiger partial charge in [0, 0.05) is 13.0 Å². The molecule has 1 aliphatic heterocycles. The Morgan fingerprint density at radius 3 is 2.71 bits per heavy atom. The van der Waals surface area contributed by atoms with Crippen molar-refractivity contribution < 1.29 is 19.4 Å². The highest BCUT2D eigenvalue weighted by Gasteiger charge is 2.33. The maximum Gasteiger partial charge on any atom is 0.306 e. The van der Waals surface area contributed by atoms with Crippen molar-refractivity contribution in [1.29, 1.82) is 0 Å².